The summed E-state index contributed by atoms with van der Waals surface area (Å²) in [5.41, 5.74) is 8.54. The van der Waals surface area contributed by atoms with Gasteiger partial charge in [-0.2, -0.15) is 0 Å². The maximum Gasteiger partial charge on any atom is 0.242 e. The molecule has 0 spiro atoms. The van der Waals surface area contributed by atoms with Crippen LogP contribution in [0.3, 0.4) is 0 Å². The van der Waals surface area contributed by atoms with Crippen molar-refractivity contribution >= 4 is 11.8 Å². The van der Waals surface area contributed by atoms with Gasteiger partial charge in [0.25, 0.3) is 0 Å². The van der Waals surface area contributed by atoms with Crippen LogP contribution in [0.25, 0.3) is 0 Å². The first-order valence-corrected chi connectivity index (χ1v) is 12.6. The fourth-order valence-electron chi connectivity index (χ4n) is 4.83. The molecule has 34 heavy (non-hydrogen) atoms. The number of H-pyrrole nitrogens is 1. The van der Waals surface area contributed by atoms with Gasteiger partial charge in [-0.3, -0.25) is 9.59 Å². The van der Waals surface area contributed by atoms with E-state index in [1.54, 1.807) is 19.6 Å². The highest BCUT2D eigenvalue weighted by Gasteiger charge is 2.32. The zero-order valence-corrected chi connectivity index (χ0v) is 20.3. The number of aromatic amines is 1. The molecular weight excluding hydrogens is 428 g/mol. The maximum atomic E-state index is 13.4. The number of aryl methyl sites for hydroxylation is 1. The second-order valence-electron chi connectivity index (χ2n) is 9.38. The van der Waals surface area contributed by atoms with E-state index in [9.17, 15) is 9.59 Å². The van der Waals surface area contributed by atoms with E-state index < -0.39 is 6.04 Å². The second-order valence-corrected chi connectivity index (χ2v) is 9.38. The van der Waals surface area contributed by atoms with Crippen LogP contribution >= 0.6 is 0 Å². The summed E-state index contributed by atoms with van der Waals surface area (Å²) < 4.78 is 0. The van der Waals surface area contributed by atoms with Gasteiger partial charge in [0.1, 0.15) is 6.04 Å². The fraction of sp³-hybridized carbons (Fsp3) is 0.577. The predicted octanol–water partition coefficient (Wildman–Crippen LogP) is 2.07. The molecule has 0 bridgehead atoms. The third-order valence-electron chi connectivity index (χ3n) is 6.72. The van der Waals surface area contributed by atoms with Gasteiger partial charge in [0.05, 0.1) is 12.4 Å². The van der Waals surface area contributed by atoms with Gasteiger partial charge in [-0.25, -0.2) is 4.98 Å². The quantitative estimate of drug-likeness (QED) is 0.308. The number of benzene rings is 1. The molecule has 8 heteroatoms. The Hall–Kier alpha value is -2.71. The van der Waals surface area contributed by atoms with E-state index in [4.69, 9.17) is 5.73 Å². The first-order chi connectivity index (χ1) is 16.6. The van der Waals surface area contributed by atoms with Crippen molar-refractivity contribution in [2.45, 2.75) is 75.9 Å². The van der Waals surface area contributed by atoms with E-state index in [-0.39, 0.29) is 29.8 Å². The Morgan fingerprint density at radius 2 is 1.91 bits per heavy atom. The highest BCUT2D eigenvalue weighted by molar-refractivity contribution is 5.89. The van der Waals surface area contributed by atoms with Gasteiger partial charge >= 0.3 is 0 Å². The van der Waals surface area contributed by atoms with Gasteiger partial charge in [-0.1, -0.05) is 49.6 Å². The largest absolute Gasteiger partial charge is 0.357 e. The Balaban J connectivity index is 1.59. The van der Waals surface area contributed by atoms with Crippen LogP contribution in [0.4, 0.5) is 0 Å². The summed E-state index contributed by atoms with van der Waals surface area (Å²) in [7, 11) is 1.62. The highest BCUT2D eigenvalue weighted by Crippen LogP contribution is 2.27. The van der Waals surface area contributed by atoms with Gasteiger partial charge in [0.2, 0.25) is 11.8 Å². The number of nitrogens with two attached hydrogens (primary N) is 1. The van der Waals surface area contributed by atoms with Crippen molar-refractivity contribution in [1.29, 1.82) is 0 Å². The van der Waals surface area contributed by atoms with Gasteiger partial charge in [-0.05, 0) is 43.6 Å². The molecule has 1 aliphatic rings. The Kier molecular flexibility index (Phi) is 10.6. The molecule has 3 rings (SSSR count). The van der Waals surface area contributed by atoms with Gasteiger partial charge < -0.3 is 26.7 Å². The van der Waals surface area contributed by atoms with Crippen molar-refractivity contribution in [3.63, 3.8) is 0 Å². The second kappa shape index (κ2) is 13.9. The van der Waals surface area contributed by atoms with Crippen LogP contribution in [0.15, 0.2) is 42.9 Å². The lowest BCUT2D eigenvalue weighted by atomic mass is 9.83. The lowest BCUT2D eigenvalue weighted by Gasteiger charge is -2.32. The number of nitrogens with zero attached hydrogens (tertiary/aromatic N) is 1. The van der Waals surface area contributed by atoms with E-state index in [2.05, 4.69) is 38.1 Å². The lowest BCUT2D eigenvalue weighted by molar-refractivity contribution is -0.131. The van der Waals surface area contributed by atoms with Crippen molar-refractivity contribution in [2.75, 3.05) is 13.6 Å². The van der Waals surface area contributed by atoms with Crippen LogP contribution in [0, 0.1) is 5.92 Å². The minimum atomic E-state index is -0.548. The van der Waals surface area contributed by atoms with Crippen LogP contribution in [-0.4, -0.2) is 53.5 Å². The monoisotopic (exact) mass is 468 g/mol. The van der Waals surface area contributed by atoms with Gasteiger partial charge in [-0.15, -0.1) is 0 Å². The number of amides is 2. The number of carbonyl (C=O) groups excluding carboxylic acids is 2. The van der Waals surface area contributed by atoms with Gasteiger partial charge in [0, 0.05) is 37.9 Å². The summed E-state index contributed by atoms with van der Waals surface area (Å²) in [6.45, 7) is 0.520. The number of hydrogen-bond donors (Lipinski definition) is 5. The number of likely N-dealkylation sites (N-methyl/N-ethyl adjacent to an activating group) is 1. The molecule has 6 N–H and O–H groups in total. The van der Waals surface area contributed by atoms with E-state index in [0.717, 1.165) is 44.2 Å². The molecule has 1 aromatic carbocycles. The first kappa shape index (κ1) is 25.9. The Morgan fingerprint density at radius 3 is 2.59 bits per heavy atom. The summed E-state index contributed by atoms with van der Waals surface area (Å²) >= 11 is 0. The molecule has 8 nitrogen and oxygen atoms in total. The molecule has 3 atom stereocenters. The summed E-state index contributed by atoms with van der Waals surface area (Å²) in [6, 6.07) is 9.17. The summed E-state index contributed by atoms with van der Waals surface area (Å²) in [5, 5.41) is 9.20. The molecule has 0 unspecified atom stereocenters. The number of aromatic nitrogens is 2. The molecule has 1 heterocycles. The maximum absolute atomic E-state index is 13.4. The fourth-order valence-corrected chi connectivity index (χ4v) is 4.83. The number of carbonyl (C=O) groups is 2. The van der Waals surface area contributed by atoms with E-state index in [1.165, 1.54) is 12.0 Å². The van der Waals surface area contributed by atoms with Crippen molar-refractivity contribution < 1.29 is 9.59 Å². The van der Waals surface area contributed by atoms with E-state index >= 15 is 0 Å². The number of hydrogen-bond acceptors (Lipinski definition) is 5. The molecular formula is C26H40N6O2. The standard InChI is InChI=1S/C26H40N6O2/c1-28-25(33)23(14-8-11-19-9-4-2-5-10-19)32-26(34)24(20-12-6-3-7-13-20)30-16-21(27)15-22-17-29-18-31-22/h2,4-5,9-10,17-18,20-21,23-24,30H,3,6-8,11-16,27H2,1H3,(H,28,33)(H,29,31)(H,32,34)/t21-,23+,24+/m0/s1. The molecule has 2 aromatic rings. The average Bonchev–Trinajstić information content (AvgIpc) is 3.37. The van der Waals surface area contributed by atoms with Gasteiger partial charge in [0.15, 0.2) is 0 Å². The number of rotatable bonds is 13. The molecule has 0 saturated heterocycles. The summed E-state index contributed by atoms with van der Waals surface area (Å²) in [6.07, 6.45) is 11.9. The molecule has 186 valence electrons. The van der Waals surface area contributed by atoms with Crippen LogP contribution in [0.1, 0.15) is 56.2 Å². The zero-order valence-electron chi connectivity index (χ0n) is 20.3. The van der Waals surface area contributed by atoms with E-state index in [0.29, 0.717) is 19.4 Å². The topological polar surface area (TPSA) is 125 Å². The molecule has 1 aliphatic carbocycles. The Bertz CT molecular complexity index is 851. The number of nitrogens with one attached hydrogen (secondary N) is 4. The van der Waals surface area contributed by atoms with Crippen LogP contribution in [0.2, 0.25) is 0 Å². The normalized spacial score (nSPS) is 17.0. The molecule has 1 saturated carbocycles. The van der Waals surface area contributed by atoms with Crippen LogP contribution in [-0.2, 0) is 22.4 Å². The molecule has 1 aromatic heterocycles. The predicted molar refractivity (Wildman–Crippen MR) is 134 cm³/mol. The highest BCUT2D eigenvalue weighted by atomic mass is 16.2. The Morgan fingerprint density at radius 1 is 1.15 bits per heavy atom. The van der Waals surface area contributed by atoms with Crippen molar-refractivity contribution in [1.82, 2.24) is 25.9 Å². The number of imidazole rings is 1. The van der Waals surface area contributed by atoms with Crippen LogP contribution in [0.5, 0.6) is 0 Å². The minimum Gasteiger partial charge on any atom is -0.357 e. The third kappa shape index (κ3) is 8.25. The SMILES string of the molecule is CNC(=O)[C@@H](CCCc1ccccc1)NC(=O)[C@H](NC[C@@H](N)Cc1cnc[nH]1)C1CCCCC1. The zero-order chi connectivity index (χ0) is 24.2. The van der Waals surface area contributed by atoms with Crippen molar-refractivity contribution in [3.8, 4) is 0 Å². The summed E-state index contributed by atoms with van der Waals surface area (Å²) in [5.74, 6) is -0.00327. The van der Waals surface area contributed by atoms with Crippen LogP contribution < -0.4 is 21.7 Å². The molecule has 0 radical (unpaired) electrons. The van der Waals surface area contributed by atoms with Crippen molar-refractivity contribution in [2.24, 2.45) is 11.7 Å². The third-order valence-corrected chi connectivity index (χ3v) is 6.72. The minimum absolute atomic E-state index is 0.103. The summed E-state index contributed by atoms with van der Waals surface area (Å²) in [4.78, 5) is 33.1. The molecule has 0 aliphatic heterocycles. The van der Waals surface area contributed by atoms with Crippen molar-refractivity contribution in [3.05, 3.63) is 54.1 Å². The van der Waals surface area contributed by atoms with E-state index in [1.807, 2.05) is 18.2 Å². The first-order valence-electron chi connectivity index (χ1n) is 12.6. The Labute approximate surface area is 202 Å². The lowest BCUT2D eigenvalue weighted by Crippen LogP contribution is -2.56. The average molecular weight is 469 g/mol. The molecule has 2 amide bonds. The molecule has 1 fully saturated rings. The smallest absolute Gasteiger partial charge is 0.242 e.